The number of methoxy groups -OCH3 is 1. The predicted octanol–water partition coefficient (Wildman–Crippen LogP) is 2.19. The van der Waals surface area contributed by atoms with Gasteiger partial charge in [-0.05, 0) is 49.4 Å². The van der Waals surface area contributed by atoms with E-state index in [0.29, 0.717) is 0 Å². The molecular formula is C19H30N4O. The van der Waals surface area contributed by atoms with Crippen LogP contribution >= 0.6 is 0 Å². The van der Waals surface area contributed by atoms with Gasteiger partial charge in [-0.1, -0.05) is 12.1 Å². The van der Waals surface area contributed by atoms with Crippen molar-refractivity contribution in [3.8, 4) is 5.75 Å². The van der Waals surface area contributed by atoms with Crippen molar-refractivity contribution in [1.82, 2.24) is 15.1 Å². The molecule has 5 heteroatoms. The highest BCUT2D eigenvalue weighted by molar-refractivity contribution is 5.79. The molecule has 1 saturated carbocycles. The number of aliphatic imine (C=N–C) groups is 1. The number of ether oxygens (including phenoxy) is 1. The third-order valence-electron chi connectivity index (χ3n) is 5.08. The number of guanidine groups is 1. The number of nitrogens with zero attached hydrogens (tertiary/aromatic N) is 3. The van der Waals surface area contributed by atoms with Gasteiger partial charge in [-0.25, -0.2) is 0 Å². The minimum absolute atomic E-state index is 0.747. The first-order valence-corrected chi connectivity index (χ1v) is 8.98. The average molecular weight is 330 g/mol. The molecule has 0 aromatic heterocycles. The maximum atomic E-state index is 5.21. The van der Waals surface area contributed by atoms with Gasteiger partial charge in [0.05, 0.1) is 7.11 Å². The van der Waals surface area contributed by atoms with E-state index in [1.165, 1.54) is 37.9 Å². The normalized spacial score (nSPS) is 21.8. The molecule has 1 aliphatic carbocycles. The van der Waals surface area contributed by atoms with Crippen LogP contribution in [0.3, 0.4) is 0 Å². The monoisotopic (exact) mass is 330 g/mol. The molecule has 0 spiro atoms. The summed E-state index contributed by atoms with van der Waals surface area (Å²) in [6.45, 7) is 4.37. The van der Waals surface area contributed by atoms with Crippen molar-refractivity contribution < 1.29 is 4.74 Å². The standard InChI is InChI=1S/C19H30N4O/c1-20-19(21-12-16-10-11-23(14-16)17-6-7-17)22(2)13-15-4-8-18(24-3)9-5-15/h4-5,8-9,16-17H,6-7,10-14H2,1-3H3,(H,20,21). The van der Waals surface area contributed by atoms with Gasteiger partial charge in [0.1, 0.15) is 5.75 Å². The van der Waals surface area contributed by atoms with E-state index in [2.05, 4.69) is 39.3 Å². The Bertz CT molecular complexity index is 553. The van der Waals surface area contributed by atoms with Crippen molar-refractivity contribution in [1.29, 1.82) is 0 Å². The molecule has 3 rings (SSSR count). The van der Waals surface area contributed by atoms with Crippen LogP contribution in [0.25, 0.3) is 0 Å². The van der Waals surface area contributed by atoms with Crippen LogP contribution in [0.15, 0.2) is 29.3 Å². The van der Waals surface area contributed by atoms with Crippen LogP contribution in [0.5, 0.6) is 5.75 Å². The van der Waals surface area contributed by atoms with Crippen molar-refractivity contribution in [2.75, 3.05) is 40.8 Å². The fourth-order valence-corrected chi connectivity index (χ4v) is 3.50. The molecule has 2 fully saturated rings. The lowest BCUT2D eigenvalue weighted by Crippen LogP contribution is -2.41. The topological polar surface area (TPSA) is 40.1 Å². The SMILES string of the molecule is CN=C(NCC1CCN(C2CC2)C1)N(C)Cc1ccc(OC)cc1. The van der Waals surface area contributed by atoms with Crippen molar-refractivity contribution in [2.45, 2.75) is 31.8 Å². The van der Waals surface area contributed by atoms with E-state index in [0.717, 1.165) is 36.8 Å². The first kappa shape index (κ1) is 17.1. The molecule has 1 aromatic rings. The third kappa shape index (κ3) is 4.41. The summed E-state index contributed by atoms with van der Waals surface area (Å²) < 4.78 is 5.21. The minimum Gasteiger partial charge on any atom is -0.497 e. The predicted molar refractivity (Wildman–Crippen MR) is 98.5 cm³/mol. The number of hydrogen-bond donors (Lipinski definition) is 1. The van der Waals surface area contributed by atoms with Crippen molar-refractivity contribution >= 4 is 5.96 Å². The number of benzene rings is 1. The molecule has 1 unspecified atom stereocenters. The van der Waals surface area contributed by atoms with E-state index >= 15 is 0 Å². The molecular weight excluding hydrogens is 300 g/mol. The Morgan fingerprint density at radius 1 is 1.29 bits per heavy atom. The molecule has 132 valence electrons. The smallest absolute Gasteiger partial charge is 0.193 e. The van der Waals surface area contributed by atoms with Crippen LogP contribution in [0, 0.1) is 5.92 Å². The van der Waals surface area contributed by atoms with Crippen LogP contribution in [0.2, 0.25) is 0 Å². The summed E-state index contributed by atoms with van der Waals surface area (Å²) in [5, 5.41) is 3.56. The second kappa shape index (κ2) is 7.88. The summed E-state index contributed by atoms with van der Waals surface area (Å²) in [6.07, 6.45) is 4.13. The maximum Gasteiger partial charge on any atom is 0.193 e. The second-order valence-corrected chi connectivity index (χ2v) is 7.01. The molecule has 1 saturated heterocycles. The summed E-state index contributed by atoms with van der Waals surface area (Å²) in [7, 11) is 5.64. The second-order valence-electron chi connectivity index (χ2n) is 7.01. The molecule has 1 N–H and O–H groups in total. The van der Waals surface area contributed by atoms with E-state index in [9.17, 15) is 0 Å². The molecule has 0 radical (unpaired) electrons. The molecule has 1 aliphatic heterocycles. The highest BCUT2D eigenvalue weighted by Gasteiger charge is 2.34. The quantitative estimate of drug-likeness (QED) is 0.641. The zero-order chi connectivity index (χ0) is 16.9. The molecule has 24 heavy (non-hydrogen) atoms. The fraction of sp³-hybridized carbons (Fsp3) is 0.632. The van der Waals surface area contributed by atoms with Gasteiger partial charge < -0.3 is 19.9 Å². The van der Waals surface area contributed by atoms with Gasteiger partial charge >= 0.3 is 0 Å². The Balaban J connectivity index is 1.46. The van der Waals surface area contributed by atoms with Crippen molar-refractivity contribution in [3.05, 3.63) is 29.8 Å². The van der Waals surface area contributed by atoms with Crippen LogP contribution in [-0.4, -0.2) is 62.6 Å². The summed E-state index contributed by atoms with van der Waals surface area (Å²) >= 11 is 0. The number of hydrogen-bond acceptors (Lipinski definition) is 3. The molecule has 0 bridgehead atoms. The average Bonchev–Trinajstić information content (AvgIpc) is 3.35. The highest BCUT2D eigenvalue weighted by atomic mass is 16.5. The van der Waals surface area contributed by atoms with E-state index in [-0.39, 0.29) is 0 Å². The van der Waals surface area contributed by atoms with Gasteiger partial charge in [-0.2, -0.15) is 0 Å². The zero-order valence-electron chi connectivity index (χ0n) is 15.2. The summed E-state index contributed by atoms with van der Waals surface area (Å²) in [4.78, 5) is 9.28. The molecule has 1 heterocycles. The zero-order valence-corrected chi connectivity index (χ0v) is 15.2. The van der Waals surface area contributed by atoms with Gasteiger partial charge in [0, 0.05) is 39.8 Å². The fourth-order valence-electron chi connectivity index (χ4n) is 3.50. The summed E-state index contributed by atoms with van der Waals surface area (Å²) in [5.41, 5.74) is 1.25. The Hall–Kier alpha value is -1.75. The molecule has 1 atom stereocenters. The number of nitrogens with one attached hydrogen (secondary N) is 1. The molecule has 5 nitrogen and oxygen atoms in total. The van der Waals surface area contributed by atoms with E-state index in [1.54, 1.807) is 7.11 Å². The van der Waals surface area contributed by atoms with E-state index in [1.807, 2.05) is 19.2 Å². The lowest BCUT2D eigenvalue weighted by molar-refractivity contribution is 0.313. The molecule has 0 amide bonds. The first-order chi connectivity index (χ1) is 11.7. The van der Waals surface area contributed by atoms with Gasteiger partial charge in [0.2, 0.25) is 0 Å². The third-order valence-corrected chi connectivity index (χ3v) is 5.08. The Kier molecular flexibility index (Phi) is 5.61. The van der Waals surface area contributed by atoms with Gasteiger partial charge in [0.15, 0.2) is 5.96 Å². The summed E-state index contributed by atoms with van der Waals surface area (Å²) in [6, 6.07) is 9.11. The lowest BCUT2D eigenvalue weighted by atomic mass is 10.1. The van der Waals surface area contributed by atoms with Crippen LogP contribution in [0.1, 0.15) is 24.8 Å². The van der Waals surface area contributed by atoms with Crippen molar-refractivity contribution in [2.24, 2.45) is 10.9 Å². The van der Waals surface area contributed by atoms with Crippen molar-refractivity contribution in [3.63, 3.8) is 0 Å². The maximum absolute atomic E-state index is 5.21. The van der Waals surface area contributed by atoms with Crippen LogP contribution < -0.4 is 10.1 Å². The highest BCUT2D eigenvalue weighted by Crippen LogP contribution is 2.31. The molecule has 1 aromatic carbocycles. The van der Waals surface area contributed by atoms with Gasteiger partial charge in [-0.3, -0.25) is 4.99 Å². The van der Waals surface area contributed by atoms with Gasteiger partial charge in [-0.15, -0.1) is 0 Å². The van der Waals surface area contributed by atoms with Crippen LogP contribution in [0.4, 0.5) is 0 Å². The Morgan fingerprint density at radius 2 is 2.04 bits per heavy atom. The van der Waals surface area contributed by atoms with Crippen LogP contribution in [-0.2, 0) is 6.54 Å². The van der Waals surface area contributed by atoms with E-state index < -0.39 is 0 Å². The Morgan fingerprint density at radius 3 is 2.67 bits per heavy atom. The summed E-state index contributed by atoms with van der Waals surface area (Å²) in [5.74, 6) is 2.61. The largest absolute Gasteiger partial charge is 0.497 e. The number of rotatable bonds is 6. The Labute approximate surface area is 145 Å². The van der Waals surface area contributed by atoms with E-state index in [4.69, 9.17) is 4.74 Å². The lowest BCUT2D eigenvalue weighted by Gasteiger charge is -2.24. The minimum atomic E-state index is 0.747. The number of likely N-dealkylation sites (tertiary alicyclic amines) is 1. The molecule has 2 aliphatic rings. The first-order valence-electron chi connectivity index (χ1n) is 8.98. The van der Waals surface area contributed by atoms with Gasteiger partial charge in [0.25, 0.3) is 0 Å².